The summed E-state index contributed by atoms with van der Waals surface area (Å²) in [5, 5.41) is 39.2. The van der Waals surface area contributed by atoms with Crippen molar-refractivity contribution in [2.24, 2.45) is 16.7 Å². The number of benzene rings is 1. The van der Waals surface area contributed by atoms with Gasteiger partial charge in [0.05, 0.1) is 24.1 Å². The van der Waals surface area contributed by atoms with E-state index in [9.17, 15) is 15.8 Å². The van der Waals surface area contributed by atoms with E-state index >= 15 is 0 Å². The summed E-state index contributed by atoms with van der Waals surface area (Å²) in [6, 6.07) is 13.9. The molecule has 0 spiro atoms. The van der Waals surface area contributed by atoms with Gasteiger partial charge in [0.2, 0.25) is 17.1 Å². The molecule has 4 unspecified atom stereocenters. The largest absolute Gasteiger partial charge is 0.447 e. The van der Waals surface area contributed by atoms with Gasteiger partial charge in [-0.25, -0.2) is 0 Å². The first-order valence-corrected chi connectivity index (χ1v) is 10.6. The first kappa shape index (κ1) is 18.8. The van der Waals surface area contributed by atoms with Crippen LogP contribution in [0.1, 0.15) is 43.8 Å². The van der Waals surface area contributed by atoms with Gasteiger partial charge in [-0.05, 0) is 36.8 Å². The van der Waals surface area contributed by atoms with Crippen LogP contribution >= 0.6 is 11.8 Å². The Kier molecular flexibility index (Phi) is 4.38. The van der Waals surface area contributed by atoms with Crippen LogP contribution in [0, 0.1) is 56.2 Å². The maximum Gasteiger partial charge on any atom is 0.217 e. The minimum atomic E-state index is -1.85. The molecule has 28 heavy (non-hydrogen) atoms. The molecular formula is C21H20N4O2S. The van der Waals surface area contributed by atoms with E-state index in [1.54, 1.807) is 11.8 Å². The van der Waals surface area contributed by atoms with Crippen LogP contribution in [0.2, 0.25) is 0 Å². The Morgan fingerprint density at radius 1 is 1.07 bits per heavy atom. The van der Waals surface area contributed by atoms with Crippen LogP contribution in [0.25, 0.3) is 0 Å². The van der Waals surface area contributed by atoms with Gasteiger partial charge >= 0.3 is 0 Å². The molecule has 7 heteroatoms. The molecule has 1 aliphatic carbocycles. The molecule has 1 aromatic carbocycles. The Hall–Kier alpha value is -2.53. The Balaban J connectivity index is 1.96. The first-order chi connectivity index (χ1) is 13.5. The number of hydrogen-bond acceptors (Lipinski definition) is 7. The van der Waals surface area contributed by atoms with E-state index < -0.39 is 28.6 Å². The van der Waals surface area contributed by atoms with Gasteiger partial charge in [0.1, 0.15) is 6.10 Å². The second-order valence-electron chi connectivity index (χ2n) is 7.62. The zero-order valence-electron chi connectivity index (χ0n) is 15.6. The fourth-order valence-corrected chi connectivity index (χ4v) is 5.52. The van der Waals surface area contributed by atoms with Gasteiger partial charge in [0.15, 0.2) is 5.41 Å². The highest BCUT2D eigenvalue weighted by atomic mass is 32.2. The third-order valence-electron chi connectivity index (χ3n) is 6.48. The molecule has 0 amide bonds. The van der Waals surface area contributed by atoms with Crippen LogP contribution in [0.4, 0.5) is 0 Å². The maximum atomic E-state index is 10.3. The fourth-order valence-electron chi connectivity index (χ4n) is 5.12. The van der Waals surface area contributed by atoms with Crippen LogP contribution < -0.4 is 0 Å². The van der Waals surface area contributed by atoms with Crippen molar-refractivity contribution in [1.29, 1.82) is 21.2 Å². The van der Waals surface area contributed by atoms with Crippen molar-refractivity contribution in [2.45, 2.75) is 48.9 Å². The third kappa shape index (κ3) is 2.14. The van der Waals surface area contributed by atoms with Gasteiger partial charge in [-0.15, -0.1) is 11.8 Å². The van der Waals surface area contributed by atoms with E-state index in [0.717, 1.165) is 24.2 Å². The Morgan fingerprint density at radius 2 is 1.79 bits per heavy atom. The van der Waals surface area contributed by atoms with Gasteiger partial charge in [-0.1, -0.05) is 25.0 Å². The molecular weight excluding hydrogens is 372 g/mol. The molecule has 2 aliphatic heterocycles. The van der Waals surface area contributed by atoms with Crippen molar-refractivity contribution < 1.29 is 9.47 Å². The summed E-state index contributed by atoms with van der Waals surface area (Å²) in [5.41, 5.74) is -2.84. The molecule has 1 saturated carbocycles. The van der Waals surface area contributed by atoms with E-state index in [0.29, 0.717) is 18.4 Å². The molecule has 1 aromatic rings. The second kappa shape index (κ2) is 6.52. The average molecular weight is 392 g/mol. The first-order valence-electron chi connectivity index (χ1n) is 9.37. The molecule has 4 rings (SSSR count). The van der Waals surface area contributed by atoms with Crippen molar-refractivity contribution in [1.82, 2.24) is 0 Å². The molecule has 4 atom stereocenters. The minimum Gasteiger partial charge on any atom is -0.447 e. The van der Waals surface area contributed by atoms with E-state index in [-0.39, 0.29) is 5.90 Å². The van der Waals surface area contributed by atoms with Crippen molar-refractivity contribution in [3.63, 3.8) is 0 Å². The monoisotopic (exact) mass is 392 g/mol. The summed E-state index contributed by atoms with van der Waals surface area (Å²) in [6.45, 7) is 0. The lowest BCUT2D eigenvalue weighted by Gasteiger charge is -2.49. The summed E-state index contributed by atoms with van der Waals surface area (Å²) in [5.74, 6) is -1.92. The summed E-state index contributed by atoms with van der Waals surface area (Å²) in [7, 11) is 0. The molecule has 2 heterocycles. The summed E-state index contributed by atoms with van der Waals surface area (Å²) in [6.07, 6.45) is 4.84. The lowest BCUT2D eigenvalue weighted by molar-refractivity contribution is -0.284. The third-order valence-corrected chi connectivity index (χ3v) is 7.23. The van der Waals surface area contributed by atoms with E-state index in [1.807, 2.05) is 30.5 Å². The van der Waals surface area contributed by atoms with E-state index in [4.69, 9.17) is 14.9 Å². The number of nitrogens with zero attached hydrogens (tertiary/aromatic N) is 3. The highest BCUT2D eigenvalue weighted by Gasteiger charge is 2.80. The molecule has 2 bridgehead atoms. The minimum absolute atomic E-state index is 0.298. The molecule has 2 saturated heterocycles. The van der Waals surface area contributed by atoms with Gasteiger partial charge in [0, 0.05) is 11.3 Å². The van der Waals surface area contributed by atoms with Gasteiger partial charge in [-0.3, -0.25) is 5.41 Å². The number of hydrogen-bond donors (Lipinski definition) is 1. The van der Waals surface area contributed by atoms with Crippen molar-refractivity contribution in [2.75, 3.05) is 6.26 Å². The fraction of sp³-hybridized carbons (Fsp3) is 0.524. The average Bonchev–Trinajstić information content (AvgIpc) is 2.86. The van der Waals surface area contributed by atoms with Crippen LogP contribution in [0.3, 0.4) is 0 Å². The Labute approximate surface area is 168 Å². The molecule has 0 aromatic heterocycles. The Morgan fingerprint density at radius 3 is 2.39 bits per heavy atom. The molecule has 0 radical (unpaired) electrons. The highest BCUT2D eigenvalue weighted by molar-refractivity contribution is 7.98. The topological polar surface area (TPSA) is 114 Å². The highest BCUT2D eigenvalue weighted by Crippen LogP contribution is 2.68. The lowest BCUT2D eigenvalue weighted by Crippen LogP contribution is -2.59. The number of rotatable bonds is 2. The summed E-state index contributed by atoms with van der Waals surface area (Å²) in [4.78, 5) is 1.05. The van der Waals surface area contributed by atoms with Gasteiger partial charge in [0.25, 0.3) is 0 Å². The zero-order valence-corrected chi connectivity index (χ0v) is 16.4. The molecule has 6 nitrogen and oxygen atoms in total. The quantitative estimate of drug-likeness (QED) is 0.750. The Bertz CT molecular complexity index is 927. The van der Waals surface area contributed by atoms with Crippen LogP contribution in [0.5, 0.6) is 0 Å². The van der Waals surface area contributed by atoms with Crippen molar-refractivity contribution >= 4 is 17.7 Å². The summed E-state index contributed by atoms with van der Waals surface area (Å²) < 4.78 is 12.4. The molecule has 3 fully saturated rings. The van der Waals surface area contributed by atoms with Gasteiger partial charge in [-0.2, -0.15) is 15.8 Å². The number of thioether (sulfide) groups is 1. The number of nitrogens with one attached hydrogen (secondary N) is 1. The normalized spacial score (nSPS) is 35.4. The second-order valence-corrected chi connectivity index (χ2v) is 8.50. The molecule has 1 N–H and O–H groups in total. The number of ether oxygens (including phenoxy) is 2. The predicted molar refractivity (Wildman–Crippen MR) is 102 cm³/mol. The van der Waals surface area contributed by atoms with E-state index in [1.165, 1.54) is 0 Å². The molecule has 142 valence electrons. The SMILES string of the molecule is CSc1ccc(C2OC34CCCCCC3C(C#N)(C(=N)O4)C2(C#N)C#N)cc1. The van der Waals surface area contributed by atoms with Crippen LogP contribution in [0.15, 0.2) is 29.2 Å². The number of nitriles is 3. The van der Waals surface area contributed by atoms with Gasteiger partial charge < -0.3 is 9.47 Å². The van der Waals surface area contributed by atoms with Crippen molar-refractivity contribution in [3.8, 4) is 18.2 Å². The van der Waals surface area contributed by atoms with Crippen LogP contribution in [-0.2, 0) is 9.47 Å². The maximum absolute atomic E-state index is 10.3. The molecule has 3 aliphatic rings. The standard InChI is InChI=1S/C21H20N4O2S/c1-28-15-8-6-14(7-9-15)17-19(11-22,12-23)20(13-24)16-5-3-2-4-10-21(16,26-17)27-18(20)25/h6-9,16-17,25H,2-5,10H2,1H3. The summed E-state index contributed by atoms with van der Waals surface area (Å²) >= 11 is 1.59. The lowest BCUT2D eigenvalue weighted by atomic mass is 9.52. The predicted octanol–water partition coefficient (Wildman–Crippen LogP) is 4.31. The van der Waals surface area contributed by atoms with Crippen LogP contribution in [-0.4, -0.2) is 17.9 Å². The van der Waals surface area contributed by atoms with Crippen molar-refractivity contribution in [3.05, 3.63) is 29.8 Å². The smallest absolute Gasteiger partial charge is 0.217 e. The van der Waals surface area contributed by atoms with E-state index in [2.05, 4.69) is 18.2 Å². The zero-order chi connectivity index (χ0) is 20.0.